The minimum atomic E-state index is -3.77. The summed E-state index contributed by atoms with van der Waals surface area (Å²) in [6.07, 6.45) is 3.44. The maximum Gasteiger partial charge on any atom is 0.261 e. The van der Waals surface area contributed by atoms with E-state index in [2.05, 4.69) is 9.62 Å². The van der Waals surface area contributed by atoms with Gasteiger partial charge in [0.2, 0.25) is 0 Å². The normalized spacial score (nSPS) is 15.3. The highest BCUT2D eigenvalue weighted by Gasteiger charge is 2.17. The molecule has 0 radical (unpaired) electrons. The van der Waals surface area contributed by atoms with E-state index in [4.69, 9.17) is 0 Å². The highest BCUT2D eigenvalue weighted by atomic mass is 32.2. The van der Waals surface area contributed by atoms with Crippen molar-refractivity contribution in [3.63, 3.8) is 0 Å². The number of rotatable bonds is 5. The molecular weight excluding hydrogens is 360 g/mol. The maximum atomic E-state index is 12.4. The third kappa shape index (κ3) is 4.13. The molecule has 2 aromatic carbocycles. The summed E-state index contributed by atoms with van der Waals surface area (Å²) < 4.78 is 50.3. The second-order valence-corrected chi connectivity index (χ2v) is 9.79. The van der Waals surface area contributed by atoms with E-state index >= 15 is 0 Å². The summed E-state index contributed by atoms with van der Waals surface area (Å²) in [6.45, 7) is 2.05. The summed E-state index contributed by atoms with van der Waals surface area (Å²) in [7, 11) is -7.12. The van der Waals surface area contributed by atoms with Crippen molar-refractivity contribution in [1.82, 2.24) is 0 Å². The van der Waals surface area contributed by atoms with E-state index in [1.807, 2.05) is 12.1 Å². The number of sulfonamides is 1. The van der Waals surface area contributed by atoms with E-state index in [9.17, 15) is 16.8 Å². The van der Waals surface area contributed by atoms with Crippen molar-refractivity contribution < 1.29 is 16.8 Å². The SMILES string of the molecule is CS(=O)(=O)c1ccc(S(=O)(=O)Nc2ccc(N3CCCC3)cc2)cc1. The van der Waals surface area contributed by atoms with Gasteiger partial charge >= 0.3 is 0 Å². The lowest BCUT2D eigenvalue weighted by Crippen LogP contribution is -2.17. The molecule has 1 saturated heterocycles. The average molecular weight is 380 g/mol. The number of nitrogens with one attached hydrogen (secondary N) is 1. The highest BCUT2D eigenvalue weighted by Crippen LogP contribution is 2.24. The first-order chi connectivity index (χ1) is 11.8. The minimum absolute atomic E-state index is 0.0171. The first kappa shape index (κ1) is 17.8. The molecule has 0 saturated carbocycles. The van der Waals surface area contributed by atoms with Crippen LogP contribution < -0.4 is 9.62 Å². The standard InChI is InChI=1S/C17H20N2O4S2/c1-24(20,21)16-8-10-17(11-9-16)25(22,23)18-14-4-6-15(7-5-14)19-12-2-3-13-19/h4-11,18H,2-3,12-13H2,1H3. The van der Waals surface area contributed by atoms with Gasteiger partial charge < -0.3 is 4.90 Å². The smallest absolute Gasteiger partial charge is 0.261 e. The largest absolute Gasteiger partial charge is 0.372 e. The van der Waals surface area contributed by atoms with E-state index in [1.54, 1.807) is 12.1 Å². The Balaban J connectivity index is 1.76. The number of sulfone groups is 1. The van der Waals surface area contributed by atoms with Crippen LogP contribution in [0.2, 0.25) is 0 Å². The molecule has 1 heterocycles. The zero-order chi connectivity index (χ0) is 18.1. The molecule has 0 unspecified atom stereocenters. The molecule has 0 aromatic heterocycles. The fraction of sp³-hybridized carbons (Fsp3) is 0.294. The zero-order valence-corrected chi connectivity index (χ0v) is 15.5. The van der Waals surface area contributed by atoms with E-state index in [-0.39, 0.29) is 9.79 Å². The zero-order valence-electron chi connectivity index (χ0n) is 13.8. The molecule has 1 aliphatic rings. The lowest BCUT2D eigenvalue weighted by molar-refractivity contribution is 0.597. The van der Waals surface area contributed by atoms with Crippen LogP contribution in [-0.4, -0.2) is 36.2 Å². The predicted octanol–water partition coefficient (Wildman–Crippen LogP) is 2.49. The number of hydrogen-bond donors (Lipinski definition) is 1. The van der Waals surface area contributed by atoms with E-state index in [0.29, 0.717) is 5.69 Å². The molecule has 0 spiro atoms. The Morgan fingerprint density at radius 1 is 0.800 bits per heavy atom. The average Bonchev–Trinajstić information content (AvgIpc) is 3.09. The van der Waals surface area contributed by atoms with Gasteiger partial charge in [-0.3, -0.25) is 4.72 Å². The van der Waals surface area contributed by atoms with Crippen LogP contribution in [0.4, 0.5) is 11.4 Å². The minimum Gasteiger partial charge on any atom is -0.372 e. The van der Waals surface area contributed by atoms with Crippen LogP contribution in [0, 0.1) is 0 Å². The Kier molecular flexibility index (Phi) is 4.75. The van der Waals surface area contributed by atoms with E-state index in [1.165, 1.54) is 37.1 Å². The van der Waals surface area contributed by atoms with Gasteiger partial charge in [-0.25, -0.2) is 16.8 Å². The summed E-state index contributed by atoms with van der Waals surface area (Å²) in [6, 6.07) is 12.4. The van der Waals surface area contributed by atoms with Crippen LogP contribution in [0.25, 0.3) is 0 Å². The molecule has 3 rings (SSSR count). The Morgan fingerprint density at radius 2 is 1.32 bits per heavy atom. The molecule has 0 aliphatic carbocycles. The summed E-state index contributed by atoms with van der Waals surface area (Å²) in [5, 5.41) is 0. The van der Waals surface area contributed by atoms with Crippen molar-refractivity contribution in [2.75, 3.05) is 29.0 Å². The fourth-order valence-corrected chi connectivity index (χ4v) is 4.48. The number of hydrogen-bond acceptors (Lipinski definition) is 5. The monoisotopic (exact) mass is 380 g/mol. The molecule has 6 nitrogen and oxygen atoms in total. The molecule has 1 N–H and O–H groups in total. The predicted molar refractivity (Wildman–Crippen MR) is 98.2 cm³/mol. The van der Waals surface area contributed by atoms with Gasteiger partial charge in [-0.15, -0.1) is 0 Å². The van der Waals surface area contributed by atoms with Crippen molar-refractivity contribution in [2.45, 2.75) is 22.6 Å². The number of anilines is 2. The third-order valence-electron chi connectivity index (χ3n) is 4.15. The Labute approximate surface area is 148 Å². The van der Waals surface area contributed by atoms with Gasteiger partial charge in [0.1, 0.15) is 0 Å². The Hall–Kier alpha value is -2.06. The van der Waals surface area contributed by atoms with Crippen molar-refractivity contribution >= 4 is 31.2 Å². The van der Waals surface area contributed by atoms with Crippen molar-refractivity contribution in [3.05, 3.63) is 48.5 Å². The second-order valence-electron chi connectivity index (χ2n) is 6.09. The lowest BCUT2D eigenvalue weighted by Gasteiger charge is -2.18. The summed E-state index contributed by atoms with van der Waals surface area (Å²) in [4.78, 5) is 2.37. The van der Waals surface area contributed by atoms with Gasteiger partial charge in [-0.05, 0) is 61.4 Å². The first-order valence-electron chi connectivity index (χ1n) is 7.94. The molecule has 2 aromatic rings. The highest BCUT2D eigenvalue weighted by molar-refractivity contribution is 7.92. The van der Waals surface area contributed by atoms with Crippen LogP contribution in [0.1, 0.15) is 12.8 Å². The van der Waals surface area contributed by atoms with Crippen LogP contribution in [0.15, 0.2) is 58.3 Å². The van der Waals surface area contributed by atoms with Crippen LogP contribution in [0.3, 0.4) is 0 Å². The van der Waals surface area contributed by atoms with Crippen molar-refractivity contribution in [3.8, 4) is 0 Å². The van der Waals surface area contributed by atoms with E-state index in [0.717, 1.165) is 25.0 Å². The van der Waals surface area contributed by atoms with Gasteiger partial charge in [0.15, 0.2) is 9.84 Å². The molecule has 134 valence electrons. The molecule has 0 amide bonds. The van der Waals surface area contributed by atoms with Gasteiger partial charge in [-0.1, -0.05) is 0 Å². The van der Waals surface area contributed by atoms with Gasteiger partial charge in [0, 0.05) is 30.7 Å². The molecule has 1 aliphatic heterocycles. The van der Waals surface area contributed by atoms with Crippen LogP contribution in [0.5, 0.6) is 0 Å². The fourth-order valence-electron chi connectivity index (χ4n) is 2.80. The summed E-state index contributed by atoms with van der Waals surface area (Å²) in [5.74, 6) is 0. The van der Waals surface area contributed by atoms with Crippen LogP contribution in [-0.2, 0) is 19.9 Å². The lowest BCUT2D eigenvalue weighted by atomic mass is 10.2. The van der Waals surface area contributed by atoms with Gasteiger partial charge in [0.25, 0.3) is 10.0 Å². The molecule has 1 fully saturated rings. The van der Waals surface area contributed by atoms with E-state index < -0.39 is 19.9 Å². The maximum absolute atomic E-state index is 12.4. The Morgan fingerprint density at radius 3 is 1.84 bits per heavy atom. The van der Waals surface area contributed by atoms with Crippen molar-refractivity contribution in [1.29, 1.82) is 0 Å². The van der Waals surface area contributed by atoms with Crippen molar-refractivity contribution in [2.24, 2.45) is 0 Å². The Bertz CT molecular complexity index is 945. The third-order valence-corrected chi connectivity index (χ3v) is 6.68. The molecule has 0 atom stereocenters. The molecular formula is C17H20N2O4S2. The summed E-state index contributed by atoms with van der Waals surface area (Å²) in [5.41, 5.74) is 1.55. The molecule has 25 heavy (non-hydrogen) atoms. The topological polar surface area (TPSA) is 83.5 Å². The second kappa shape index (κ2) is 6.68. The number of nitrogens with zero attached hydrogens (tertiary/aromatic N) is 1. The van der Waals surface area contributed by atoms with Gasteiger partial charge in [-0.2, -0.15) is 0 Å². The molecule has 0 bridgehead atoms. The first-order valence-corrected chi connectivity index (χ1v) is 11.3. The number of benzene rings is 2. The summed E-state index contributed by atoms with van der Waals surface area (Å²) >= 11 is 0. The quantitative estimate of drug-likeness (QED) is 0.862. The molecule has 8 heteroatoms. The van der Waals surface area contributed by atoms with Crippen LogP contribution >= 0.6 is 0 Å². The van der Waals surface area contributed by atoms with Gasteiger partial charge in [0.05, 0.1) is 9.79 Å².